The Balaban J connectivity index is 1.50. The van der Waals surface area contributed by atoms with Crippen molar-refractivity contribution in [3.8, 4) is 0 Å². The van der Waals surface area contributed by atoms with Gasteiger partial charge < -0.3 is 9.47 Å². The quantitative estimate of drug-likeness (QED) is 0.679. The SMILES string of the molecule is CC(C)CN1CCOC(COC(=O)c2cnn(Cc3ccccc3Cl)c2)C1. The van der Waals surface area contributed by atoms with Gasteiger partial charge in [0.15, 0.2) is 0 Å². The molecule has 3 rings (SSSR count). The molecule has 6 nitrogen and oxygen atoms in total. The first-order valence-electron chi connectivity index (χ1n) is 9.28. The average Bonchev–Trinajstić information content (AvgIpc) is 3.10. The summed E-state index contributed by atoms with van der Waals surface area (Å²) in [5.41, 5.74) is 1.37. The lowest BCUT2D eigenvalue weighted by Crippen LogP contribution is -2.45. The molecule has 7 heteroatoms. The highest BCUT2D eigenvalue weighted by Crippen LogP contribution is 2.16. The number of hydrogen-bond donors (Lipinski definition) is 0. The summed E-state index contributed by atoms with van der Waals surface area (Å²) < 4.78 is 12.8. The van der Waals surface area contributed by atoms with E-state index in [1.165, 1.54) is 6.20 Å². The molecule has 1 fully saturated rings. The third kappa shape index (κ3) is 5.79. The molecular formula is C20H26ClN3O3. The van der Waals surface area contributed by atoms with Crippen molar-refractivity contribution in [3.63, 3.8) is 0 Å². The van der Waals surface area contributed by atoms with Crippen LogP contribution in [-0.2, 0) is 16.0 Å². The molecule has 1 saturated heterocycles. The molecule has 0 bridgehead atoms. The summed E-state index contributed by atoms with van der Waals surface area (Å²) in [5.74, 6) is 0.222. The Bertz CT molecular complexity index is 762. The molecule has 1 aliphatic rings. The average molecular weight is 392 g/mol. The molecular weight excluding hydrogens is 366 g/mol. The fourth-order valence-corrected chi connectivity index (χ4v) is 3.37. The first-order chi connectivity index (χ1) is 13.0. The fourth-order valence-electron chi connectivity index (χ4n) is 3.17. The van der Waals surface area contributed by atoms with E-state index >= 15 is 0 Å². The van der Waals surface area contributed by atoms with Crippen LogP contribution in [-0.4, -0.2) is 59.6 Å². The molecule has 0 amide bonds. The molecule has 2 aromatic rings. The highest BCUT2D eigenvalue weighted by atomic mass is 35.5. The van der Waals surface area contributed by atoms with Crippen molar-refractivity contribution in [2.24, 2.45) is 5.92 Å². The van der Waals surface area contributed by atoms with Gasteiger partial charge in [-0.2, -0.15) is 5.10 Å². The maximum Gasteiger partial charge on any atom is 0.341 e. The summed E-state index contributed by atoms with van der Waals surface area (Å²) in [5, 5.41) is 4.91. The van der Waals surface area contributed by atoms with Crippen LogP contribution < -0.4 is 0 Å². The zero-order chi connectivity index (χ0) is 19.2. The van der Waals surface area contributed by atoms with Gasteiger partial charge in [0, 0.05) is 30.9 Å². The van der Waals surface area contributed by atoms with Gasteiger partial charge in [-0.05, 0) is 17.5 Å². The van der Waals surface area contributed by atoms with E-state index in [1.807, 2.05) is 24.3 Å². The maximum absolute atomic E-state index is 12.3. The predicted octanol–water partition coefficient (Wildman–Crippen LogP) is 3.10. The summed E-state index contributed by atoms with van der Waals surface area (Å²) in [6, 6.07) is 7.58. The van der Waals surface area contributed by atoms with Crippen molar-refractivity contribution in [3.05, 3.63) is 52.8 Å². The normalized spacial score (nSPS) is 18.0. The van der Waals surface area contributed by atoms with Crippen molar-refractivity contribution in [1.82, 2.24) is 14.7 Å². The molecule has 27 heavy (non-hydrogen) atoms. The van der Waals surface area contributed by atoms with Crippen molar-refractivity contribution in [1.29, 1.82) is 0 Å². The number of nitrogens with zero attached hydrogens (tertiary/aromatic N) is 3. The van der Waals surface area contributed by atoms with E-state index in [9.17, 15) is 4.79 Å². The second-order valence-corrected chi connectivity index (χ2v) is 7.67. The number of morpholine rings is 1. The number of benzene rings is 1. The van der Waals surface area contributed by atoms with Crippen LogP contribution in [0.15, 0.2) is 36.7 Å². The number of rotatable bonds is 7. The molecule has 2 heterocycles. The molecule has 1 atom stereocenters. The predicted molar refractivity (Wildman–Crippen MR) is 104 cm³/mol. The molecule has 0 aliphatic carbocycles. The van der Waals surface area contributed by atoms with Gasteiger partial charge in [0.2, 0.25) is 0 Å². The Labute approximate surface area is 165 Å². The fraction of sp³-hybridized carbons (Fsp3) is 0.500. The molecule has 1 aliphatic heterocycles. The van der Waals surface area contributed by atoms with E-state index in [4.69, 9.17) is 21.1 Å². The van der Waals surface area contributed by atoms with Gasteiger partial charge in [-0.15, -0.1) is 0 Å². The minimum Gasteiger partial charge on any atom is -0.459 e. The van der Waals surface area contributed by atoms with Crippen LogP contribution in [0.2, 0.25) is 5.02 Å². The molecule has 0 saturated carbocycles. The number of ether oxygens (including phenoxy) is 2. The van der Waals surface area contributed by atoms with Crippen molar-refractivity contribution < 1.29 is 14.3 Å². The first kappa shape index (κ1) is 19.9. The third-order valence-corrected chi connectivity index (χ3v) is 4.77. The number of hydrogen-bond acceptors (Lipinski definition) is 5. The van der Waals surface area contributed by atoms with Gasteiger partial charge in [0.1, 0.15) is 12.7 Å². The highest BCUT2D eigenvalue weighted by molar-refractivity contribution is 6.31. The van der Waals surface area contributed by atoms with Crippen molar-refractivity contribution >= 4 is 17.6 Å². The lowest BCUT2D eigenvalue weighted by atomic mass is 10.2. The monoisotopic (exact) mass is 391 g/mol. The Morgan fingerprint density at radius 1 is 1.41 bits per heavy atom. The van der Waals surface area contributed by atoms with Gasteiger partial charge in [0.05, 0.1) is 24.9 Å². The zero-order valence-corrected chi connectivity index (χ0v) is 16.6. The Morgan fingerprint density at radius 2 is 2.22 bits per heavy atom. The second kappa shape index (κ2) is 9.35. The molecule has 146 valence electrons. The Hall–Kier alpha value is -1.89. The summed E-state index contributed by atoms with van der Waals surface area (Å²) in [4.78, 5) is 14.7. The van der Waals surface area contributed by atoms with Crippen molar-refractivity contribution in [2.45, 2.75) is 26.5 Å². The Kier molecular flexibility index (Phi) is 6.88. The van der Waals surface area contributed by atoms with Crippen LogP contribution in [0.4, 0.5) is 0 Å². The van der Waals surface area contributed by atoms with E-state index in [0.717, 1.165) is 25.2 Å². The second-order valence-electron chi connectivity index (χ2n) is 7.26. The largest absolute Gasteiger partial charge is 0.459 e. The topological polar surface area (TPSA) is 56.6 Å². The highest BCUT2D eigenvalue weighted by Gasteiger charge is 2.23. The first-order valence-corrected chi connectivity index (χ1v) is 9.66. The van der Waals surface area contributed by atoms with Gasteiger partial charge in [-0.25, -0.2) is 4.79 Å². The minimum absolute atomic E-state index is 0.0837. The van der Waals surface area contributed by atoms with Crippen LogP contribution in [0.1, 0.15) is 29.8 Å². The number of halogens is 1. The Morgan fingerprint density at radius 3 is 3.00 bits per heavy atom. The summed E-state index contributed by atoms with van der Waals surface area (Å²) in [6.07, 6.45) is 3.12. The minimum atomic E-state index is -0.384. The van der Waals surface area contributed by atoms with Gasteiger partial charge in [0.25, 0.3) is 0 Å². The van der Waals surface area contributed by atoms with Crippen LogP contribution in [0, 0.1) is 5.92 Å². The van der Waals surface area contributed by atoms with Gasteiger partial charge in [-0.1, -0.05) is 43.6 Å². The standard InChI is InChI=1S/C20H26ClN3O3/c1-15(2)10-23-7-8-26-18(13-23)14-27-20(25)17-9-22-24(12-17)11-16-5-3-4-6-19(16)21/h3-6,9,12,15,18H,7-8,10-11,13-14H2,1-2H3. The van der Waals surface area contributed by atoms with Gasteiger partial charge >= 0.3 is 5.97 Å². The molecule has 1 aromatic heterocycles. The third-order valence-electron chi connectivity index (χ3n) is 4.41. The summed E-state index contributed by atoms with van der Waals surface area (Å²) >= 11 is 6.17. The smallest absolute Gasteiger partial charge is 0.341 e. The molecule has 1 aromatic carbocycles. The van der Waals surface area contributed by atoms with Crippen molar-refractivity contribution in [2.75, 3.05) is 32.8 Å². The molecule has 0 radical (unpaired) electrons. The number of carbonyl (C=O) groups is 1. The van der Waals surface area contributed by atoms with E-state index in [-0.39, 0.29) is 18.7 Å². The van der Waals surface area contributed by atoms with Crippen LogP contribution >= 0.6 is 11.6 Å². The lowest BCUT2D eigenvalue weighted by molar-refractivity contribution is -0.0612. The maximum atomic E-state index is 12.3. The zero-order valence-electron chi connectivity index (χ0n) is 15.8. The van der Waals surface area contributed by atoms with E-state index in [2.05, 4.69) is 23.8 Å². The molecule has 0 spiro atoms. The number of esters is 1. The lowest BCUT2D eigenvalue weighted by Gasteiger charge is -2.33. The van der Waals surface area contributed by atoms with E-state index < -0.39 is 0 Å². The van der Waals surface area contributed by atoms with Crippen LogP contribution in [0.5, 0.6) is 0 Å². The molecule has 0 N–H and O–H groups in total. The van der Waals surface area contributed by atoms with E-state index in [0.29, 0.717) is 29.7 Å². The number of carbonyl (C=O) groups excluding carboxylic acids is 1. The molecule has 1 unspecified atom stereocenters. The van der Waals surface area contributed by atoms with Crippen LogP contribution in [0.25, 0.3) is 0 Å². The van der Waals surface area contributed by atoms with Crippen LogP contribution in [0.3, 0.4) is 0 Å². The number of aromatic nitrogens is 2. The van der Waals surface area contributed by atoms with E-state index in [1.54, 1.807) is 10.9 Å². The summed E-state index contributed by atoms with van der Waals surface area (Å²) in [7, 11) is 0. The summed E-state index contributed by atoms with van der Waals surface area (Å²) in [6.45, 7) is 8.57. The van der Waals surface area contributed by atoms with Gasteiger partial charge in [-0.3, -0.25) is 9.58 Å².